The SMILES string of the molecule is Cc1ccc(CN2CCN(C(=O)OC(C)(C)C)CC2)cc1. The summed E-state index contributed by atoms with van der Waals surface area (Å²) >= 11 is 0. The van der Waals surface area contributed by atoms with Gasteiger partial charge in [-0.2, -0.15) is 0 Å². The van der Waals surface area contributed by atoms with Gasteiger partial charge >= 0.3 is 6.09 Å². The van der Waals surface area contributed by atoms with Crippen molar-refractivity contribution >= 4 is 6.09 Å². The summed E-state index contributed by atoms with van der Waals surface area (Å²) in [6.45, 7) is 12.0. The van der Waals surface area contributed by atoms with Gasteiger partial charge in [-0.1, -0.05) is 29.8 Å². The molecule has 0 bridgehead atoms. The molecule has 1 saturated heterocycles. The number of piperazine rings is 1. The maximum absolute atomic E-state index is 12.0. The lowest BCUT2D eigenvalue weighted by atomic mass is 10.1. The van der Waals surface area contributed by atoms with Crippen LogP contribution in [-0.2, 0) is 11.3 Å². The smallest absolute Gasteiger partial charge is 0.410 e. The second kappa shape index (κ2) is 6.48. The minimum Gasteiger partial charge on any atom is -0.444 e. The van der Waals surface area contributed by atoms with Gasteiger partial charge in [-0.05, 0) is 33.3 Å². The molecule has 1 aliphatic heterocycles. The van der Waals surface area contributed by atoms with Gasteiger partial charge in [-0.15, -0.1) is 0 Å². The fourth-order valence-electron chi connectivity index (χ4n) is 2.37. The summed E-state index contributed by atoms with van der Waals surface area (Å²) in [5, 5.41) is 0. The highest BCUT2D eigenvalue weighted by atomic mass is 16.6. The Bertz CT molecular complexity index is 469. The second-order valence-corrected chi connectivity index (χ2v) is 6.73. The summed E-state index contributed by atoms with van der Waals surface area (Å²) in [6, 6.07) is 8.64. The number of rotatable bonds is 2. The first-order valence-corrected chi connectivity index (χ1v) is 7.59. The number of nitrogens with zero attached hydrogens (tertiary/aromatic N) is 2. The highest BCUT2D eigenvalue weighted by Gasteiger charge is 2.25. The predicted octanol–water partition coefficient (Wildman–Crippen LogP) is 3.05. The summed E-state index contributed by atoms with van der Waals surface area (Å²) in [5.74, 6) is 0. The summed E-state index contributed by atoms with van der Waals surface area (Å²) in [5.41, 5.74) is 2.19. The number of ether oxygens (including phenoxy) is 1. The molecule has 1 fully saturated rings. The second-order valence-electron chi connectivity index (χ2n) is 6.73. The van der Waals surface area contributed by atoms with Crippen LogP contribution in [0.2, 0.25) is 0 Å². The van der Waals surface area contributed by atoms with Gasteiger partial charge in [0.15, 0.2) is 0 Å². The van der Waals surface area contributed by atoms with E-state index in [1.807, 2.05) is 20.8 Å². The first-order valence-electron chi connectivity index (χ1n) is 7.59. The Labute approximate surface area is 127 Å². The number of hydrogen-bond donors (Lipinski definition) is 0. The number of benzene rings is 1. The largest absolute Gasteiger partial charge is 0.444 e. The Balaban J connectivity index is 1.80. The molecule has 0 N–H and O–H groups in total. The highest BCUT2D eigenvalue weighted by molar-refractivity contribution is 5.68. The average Bonchev–Trinajstić information content (AvgIpc) is 2.40. The third-order valence-electron chi connectivity index (χ3n) is 3.55. The molecule has 0 saturated carbocycles. The minimum absolute atomic E-state index is 0.197. The van der Waals surface area contributed by atoms with Gasteiger partial charge in [-0.3, -0.25) is 4.90 Å². The van der Waals surface area contributed by atoms with E-state index in [9.17, 15) is 4.79 Å². The molecule has 0 spiro atoms. The molecular formula is C17H26N2O2. The number of amides is 1. The van der Waals surface area contributed by atoms with E-state index in [1.54, 1.807) is 4.90 Å². The number of aryl methyl sites for hydroxylation is 1. The standard InChI is InChI=1S/C17H26N2O2/c1-14-5-7-15(8-6-14)13-18-9-11-19(12-10-18)16(20)21-17(2,3)4/h5-8H,9-13H2,1-4H3. The van der Waals surface area contributed by atoms with Crippen molar-refractivity contribution in [2.75, 3.05) is 26.2 Å². The summed E-state index contributed by atoms with van der Waals surface area (Å²) < 4.78 is 5.41. The molecule has 2 rings (SSSR count). The Kier molecular flexibility index (Phi) is 4.88. The normalized spacial score (nSPS) is 16.9. The van der Waals surface area contributed by atoms with Crippen LogP contribution in [0, 0.1) is 6.92 Å². The monoisotopic (exact) mass is 290 g/mol. The van der Waals surface area contributed by atoms with E-state index in [1.165, 1.54) is 11.1 Å². The van der Waals surface area contributed by atoms with Crippen LogP contribution in [0.1, 0.15) is 31.9 Å². The van der Waals surface area contributed by atoms with Crippen molar-refractivity contribution in [3.8, 4) is 0 Å². The molecule has 1 aromatic rings. The molecule has 0 aromatic heterocycles. The minimum atomic E-state index is -0.421. The quantitative estimate of drug-likeness (QED) is 0.839. The van der Waals surface area contributed by atoms with Gasteiger partial charge in [0, 0.05) is 32.7 Å². The molecule has 0 radical (unpaired) electrons. The molecule has 1 aliphatic rings. The van der Waals surface area contributed by atoms with E-state index < -0.39 is 5.60 Å². The molecule has 21 heavy (non-hydrogen) atoms. The highest BCUT2D eigenvalue weighted by Crippen LogP contribution is 2.13. The third kappa shape index (κ3) is 5.05. The molecule has 0 aliphatic carbocycles. The van der Waals surface area contributed by atoms with Crippen LogP contribution in [0.5, 0.6) is 0 Å². The zero-order valence-corrected chi connectivity index (χ0v) is 13.6. The molecule has 0 unspecified atom stereocenters. The molecule has 4 heteroatoms. The van der Waals surface area contributed by atoms with E-state index in [0.29, 0.717) is 0 Å². The van der Waals surface area contributed by atoms with Crippen molar-refractivity contribution in [1.29, 1.82) is 0 Å². The van der Waals surface area contributed by atoms with E-state index in [-0.39, 0.29) is 6.09 Å². The molecule has 1 heterocycles. The van der Waals surface area contributed by atoms with E-state index in [0.717, 1.165) is 32.7 Å². The average molecular weight is 290 g/mol. The topological polar surface area (TPSA) is 32.8 Å². The molecule has 4 nitrogen and oxygen atoms in total. The van der Waals surface area contributed by atoms with Crippen LogP contribution in [0.3, 0.4) is 0 Å². The van der Waals surface area contributed by atoms with E-state index >= 15 is 0 Å². The molecule has 0 atom stereocenters. The third-order valence-corrected chi connectivity index (χ3v) is 3.55. The lowest BCUT2D eigenvalue weighted by molar-refractivity contribution is 0.0139. The van der Waals surface area contributed by atoms with Crippen molar-refractivity contribution in [2.45, 2.75) is 39.8 Å². The van der Waals surface area contributed by atoms with Crippen LogP contribution in [0.25, 0.3) is 0 Å². The summed E-state index contributed by atoms with van der Waals surface area (Å²) in [6.07, 6.45) is -0.197. The summed E-state index contributed by atoms with van der Waals surface area (Å²) in [4.78, 5) is 16.2. The lowest BCUT2D eigenvalue weighted by Gasteiger charge is -2.35. The van der Waals surface area contributed by atoms with E-state index in [2.05, 4.69) is 36.1 Å². The molecule has 1 aromatic carbocycles. The fraction of sp³-hybridized carbons (Fsp3) is 0.588. The van der Waals surface area contributed by atoms with Gasteiger partial charge in [0.25, 0.3) is 0 Å². The Morgan fingerprint density at radius 3 is 2.19 bits per heavy atom. The van der Waals surface area contributed by atoms with Crippen LogP contribution in [-0.4, -0.2) is 47.7 Å². The zero-order valence-electron chi connectivity index (χ0n) is 13.6. The molecule has 116 valence electrons. The van der Waals surface area contributed by atoms with Gasteiger partial charge in [0.05, 0.1) is 0 Å². The lowest BCUT2D eigenvalue weighted by Crippen LogP contribution is -2.49. The molecule has 1 amide bonds. The van der Waals surface area contributed by atoms with Crippen molar-refractivity contribution in [1.82, 2.24) is 9.80 Å². The molecular weight excluding hydrogens is 264 g/mol. The Hall–Kier alpha value is -1.55. The first-order chi connectivity index (χ1) is 9.83. The number of carbonyl (C=O) groups excluding carboxylic acids is 1. The maximum atomic E-state index is 12.0. The summed E-state index contributed by atoms with van der Waals surface area (Å²) in [7, 11) is 0. The van der Waals surface area contributed by atoms with Gasteiger partial charge in [0.1, 0.15) is 5.60 Å². The van der Waals surface area contributed by atoms with Crippen molar-refractivity contribution in [3.05, 3.63) is 35.4 Å². The van der Waals surface area contributed by atoms with Crippen LogP contribution in [0.4, 0.5) is 4.79 Å². The van der Waals surface area contributed by atoms with Crippen molar-refractivity contribution in [3.63, 3.8) is 0 Å². The predicted molar refractivity (Wildman–Crippen MR) is 84.3 cm³/mol. The Morgan fingerprint density at radius 1 is 1.10 bits per heavy atom. The van der Waals surface area contributed by atoms with Crippen LogP contribution in [0.15, 0.2) is 24.3 Å². The van der Waals surface area contributed by atoms with Crippen molar-refractivity contribution < 1.29 is 9.53 Å². The van der Waals surface area contributed by atoms with E-state index in [4.69, 9.17) is 4.74 Å². The van der Waals surface area contributed by atoms with Crippen molar-refractivity contribution in [2.24, 2.45) is 0 Å². The zero-order chi connectivity index (χ0) is 15.5. The number of hydrogen-bond acceptors (Lipinski definition) is 3. The van der Waals surface area contributed by atoms with Gasteiger partial charge in [-0.25, -0.2) is 4.79 Å². The van der Waals surface area contributed by atoms with Gasteiger partial charge in [0.2, 0.25) is 0 Å². The maximum Gasteiger partial charge on any atom is 0.410 e. The van der Waals surface area contributed by atoms with Gasteiger partial charge < -0.3 is 9.64 Å². The number of carbonyl (C=O) groups is 1. The van der Waals surface area contributed by atoms with Crippen LogP contribution >= 0.6 is 0 Å². The first kappa shape index (κ1) is 15.8. The van der Waals surface area contributed by atoms with Crippen LogP contribution < -0.4 is 0 Å². The fourth-order valence-corrected chi connectivity index (χ4v) is 2.37. The Morgan fingerprint density at radius 2 is 1.67 bits per heavy atom.